The molecule has 3 heteroatoms. The molecule has 0 aromatic rings. The number of likely N-dealkylation sites (tertiary alicyclic amines) is 1. The van der Waals surface area contributed by atoms with Crippen molar-refractivity contribution < 1.29 is 10.2 Å². The van der Waals surface area contributed by atoms with Crippen molar-refractivity contribution in [1.82, 2.24) is 4.90 Å². The lowest BCUT2D eigenvalue weighted by Gasteiger charge is -2.12. The standard InChI is InChI=1S/C7H15NO.CH4O/c9-7-3-6-8-4-1-2-5-8;1-2/h9H,1-7H2;2H,1H3. The zero-order valence-electron chi connectivity index (χ0n) is 7.29. The van der Waals surface area contributed by atoms with Gasteiger partial charge in [0.05, 0.1) is 0 Å². The fourth-order valence-corrected chi connectivity index (χ4v) is 1.30. The maximum absolute atomic E-state index is 8.50. The third-order valence-electron chi connectivity index (χ3n) is 1.83. The number of hydrogen-bond acceptors (Lipinski definition) is 3. The maximum Gasteiger partial charge on any atom is 0.0443 e. The SMILES string of the molecule is CO.OCCCN1CCCC1. The van der Waals surface area contributed by atoms with Crippen molar-refractivity contribution in [3.8, 4) is 0 Å². The molecule has 68 valence electrons. The van der Waals surface area contributed by atoms with Gasteiger partial charge in [-0.05, 0) is 32.4 Å². The first-order valence-corrected chi connectivity index (χ1v) is 4.21. The van der Waals surface area contributed by atoms with Crippen LogP contribution in [0.4, 0.5) is 0 Å². The summed E-state index contributed by atoms with van der Waals surface area (Å²) < 4.78 is 0. The Morgan fingerprint density at radius 3 is 2.18 bits per heavy atom. The Morgan fingerprint density at radius 1 is 1.18 bits per heavy atom. The number of hydrogen-bond donors (Lipinski definition) is 2. The van der Waals surface area contributed by atoms with Crippen LogP contribution in [0.25, 0.3) is 0 Å². The summed E-state index contributed by atoms with van der Waals surface area (Å²) in [6.45, 7) is 3.94. The minimum atomic E-state index is 0.344. The number of aliphatic hydroxyl groups excluding tert-OH is 2. The van der Waals surface area contributed by atoms with Gasteiger partial charge in [0.15, 0.2) is 0 Å². The molecule has 1 fully saturated rings. The quantitative estimate of drug-likeness (QED) is 0.616. The van der Waals surface area contributed by atoms with Crippen molar-refractivity contribution in [2.75, 3.05) is 33.4 Å². The molecule has 2 N–H and O–H groups in total. The minimum Gasteiger partial charge on any atom is -0.400 e. The topological polar surface area (TPSA) is 43.7 Å². The van der Waals surface area contributed by atoms with E-state index in [0.29, 0.717) is 6.61 Å². The average Bonchev–Trinajstić information content (AvgIpc) is 2.57. The Hall–Kier alpha value is -0.120. The molecule has 0 spiro atoms. The summed E-state index contributed by atoms with van der Waals surface area (Å²) in [7, 11) is 1.00. The summed E-state index contributed by atoms with van der Waals surface area (Å²) in [5.41, 5.74) is 0. The van der Waals surface area contributed by atoms with Gasteiger partial charge in [-0.2, -0.15) is 0 Å². The molecule has 3 nitrogen and oxygen atoms in total. The van der Waals surface area contributed by atoms with Crippen molar-refractivity contribution in [2.24, 2.45) is 0 Å². The van der Waals surface area contributed by atoms with Gasteiger partial charge < -0.3 is 15.1 Å². The second kappa shape index (κ2) is 7.98. The Bertz CT molecular complexity index is 72.5. The van der Waals surface area contributed by atoms with Crippen LogP contribution in [-0.4, -0.2) is 48.5 Å². The van der Waals surface area contributed by atoms with Crippen LogP contribution in [0, 0.1) is 0 Å². The zero-order valence-corrected chi connectivity index (χ0v) is 7.29. The first-order chi connectivity index (χ1) is 5.43. The van der Waals surface area contributed by atoms with Gasteiger partial charge in [0, 0.05) is 20.3 Å². The number of rotatable bonds is 3. The van der Waals surface area contributed by atoms with Crippen molar-refractivity contribution in [1.29, 1.82) is 0 Å². The van der Waals surface area contributed by atoms with Crippen molar-refractivity contribution in [2.45, 2.75) is 19.3 Å². The molecule has 1 aliphatic heterocycles. The molecule has 0 unspecified atom stereocenters. The van der Waals surface area contributed by atoms with Crippen LogP contribution in [0.15, 0.2) is 0 Å². The molecule has 0 aliphatic carbocycles. The first-order valence-electron chi connectivity index (χ1n) is 4.21. The highest BCUT2D eigenvalue weighted by molar-refractivity contribution is 4.64. The van der Waals surface area contributed by atoms with E-state index in [2.05, 4.69) is 4.90 Å². The number of nitrogens with zero attached hydrogens (tertiary/aromatic N) is 1. The third-order valence-corrected chi connectivity index (χ3v) is 1.83. The van der Waals surface area contributed by atoms with Crippen LogP contribution < -0.4 is 0 Å². The predicted molar refractivity (Wildman–Crippen MR) is 45.5 cm³/mol. The van der Waals surface area contributed by atoms with Crippen LogP contribution in [0.2, 0.25) is 0 Å². The summed E-state index contributed by atoms with van der Waals surface area (Å²) in [5.74, 6) is 0. The van der Waals surface area contributed by atoms with Gasteiger partial charge in [-0.1, -0.05) is 0 Å². The molecule has 0 atom stereocenters. The van der Waals surface area contributed by atoms with Crippen LogP contribution in [0.3, 0.4) is 0 Å². The molecule has 1 heterocycles. The summed E-state index contributed by atoms with van der Waals surface area (Å²) >= 11 is 0. The lowest BCUT2D eigenvalue weighted by Crippen LogP contribution is -2.20. The van der Waals surface area contributed by atoms with E-state index in [1.807, 2.05) is 0 Å². The Labute approximate surface area is 68.6 Å². The van der Waals surface area contributed by atoms with Crippen LogP contribution in [0.5, 0.6) is 0 Å². The number of aliphatic hydroxyl groups is 2. The molecule has 1 rings (SSSR count). The molecule has 0 amide bonds. The summed E-state index contributed by atoms with van der Waals surface area (Å²) in [5, 5.41) is 15.5. The van der Waals surface area contributed by atoms with Crippen molar-refractivity contribution in [3.63, 3.8) is 0 Å². The lowest BCUT2D eigenvalue weighted by molar-refractivity contribution is 0.248. The maximum atomic E-state index is 8.50. The second-order valence-corrected chi connectivity index (χ2v) is 2.63. The van der Waals surface area contributed by atoms with Gasteiger partial charge in [0.1, 0.15) is 0 Å². The molecule has 1 saturated heterocycles. The Morgan fingerprint density at radius 2 is 1.73 bits per heavy atom. The Kier molecular flexibility index (Phi) is 7.89. The van der Waals surface area contributed by atoms with E-state index in [1.165, 1.54) is 25.9 Å². The molecular weight excluding hydrogens is 142 g/mol. The molecule has 0 bridgehead atoms. The predicted octanol–water partition coefficient (Wildman–Crippen LogP) is 0.0731. The van der Waals surface area contributed by atoms with Gasteiger partial charge in [-0.25, -0.2) is 0 Å². The monoisotopic (exact) mass is 161 g/mol. The van der Waals surface area contributed by atoms with E-state index in [0.717, 1.165) is 20.1 Å². The van der Waals surface area contributed by atoms with Crippen LogP contribution in [0.1, 0.15) is 19.3 Å². The normalized spacial score (nSPS) is 17.7. The highest BCUT2D eigenvalue weighted by atomic mass is 16.3. The summed E-state index contributed by atoms with van der Waals surface area (Å²) in [6.07, 6.45) is 3.65. The van der Waals surface area contributed by atoms with E-state index >= 15 is 0 Å². The average molecular weight is 161 g/mol. The van der Waals surface area contributed by atoms with Crippen LogP contribution >= 0.6 is 0 Å². The van der Waals surface area contributed by atoms with Crippen molar-refractivity contribution in [3.05, 3.63) is 0 Å². The smallest absolute Gasteiger partial charge is 0.0443 e. The molecule has 11 heavy (non-hydrogen) atoms. The van der Waals surface area contributed by atoms with Crippen LogP contribution in [-0.2, 0) is 0 Å². The van der Waals surface area contributed by atoms with E-state index in [-0.39, 0.29) is 0 Å². The van der Waals surface area contributed by atoms with Gasteiger partial charge in [-0.3, -0.25) is 0 Å². The fourth-order valence-electron chi connectivity index (χ4n) is 1.30. The largest absolute Gasteiger partial charge is 0.400 e. The molecule has 0 saturated carbocycles. The van der Waals surface area contributed by atoms with Gasteiger partial charge >= 0.3 is 0 Å². The second-order valence-electron chi connectivity index (χ2n) is 2.63. The van der Waals surface area contributed by atoms with E-state index in [9.17, 15) is 0 Å². The zero-order chi connectivity index (χ0) is 8.53. The minimum absolute atomic E-state index is 0.344. The summed E-state index contributed by atoms with van der Waals surface area (Å²) in [6, 6.07) is 0. The van der Waals surface area contributed by atoms with E-state index in [1.54, 1.807) is 0 Å². The molecular formula is C8H19NO2. The van der Waals surface area contributed by atoms with Gasteiger partial charge in [0.25, 0.3) is 0 Å². The molecule has 0 aromatic carbocycles. The highest BCUT2D eigenvalue weighted by Gasteiger charge is 2.09. The van der Waals surface area contributed by atoms with Crippen molar-refractivity contribution >= 4 is 0 Å². The summed E-state index contributed by atoms with van der Waals surface area (Å²) in [4.78, 5) is 2.41. The highest BCUT2D eigenvalue weighted by Crippen LogP contribution is 2.06. The molecule has 0 aromatic heterocycles. The molecule has 0 radical (unpaired) electrons. The van der Waals surface area contributed by atoms with E-state index in [4.69, 9.17) is 10.2 Å². The van der Waals surface area contributed by atoms with Gasteiger partial charge in [0.2, 0.25) is 0 Å². The molecule has 1 aliphatic rings. The van der Waals surface area contributed by atoms with Gasteiger partial charge in [-0.15, -0.1) is 0 Å². The van der Waals surface area contributed by atoms with E-state index < -0.39 is 0 Å². The third kappa shape index (κ3) is 5.18. The fraction of sp³-hybridized carbons (Fsp3) is 1.00. The lowest BCUT2D eigenvalue weighted by atomic mass is 10.4. The first kappa shape index (κ1) is 10.9. The Balaban J connectivity index is 0.000000461.